The molecule has 1 aromatic carbocycles. The van der Waals surface area contributed by atoms with Crippen LogP contribution in [0.5, 0.6) is 0 Å². The first-order valence-corrected chi connectivity index (χ1v) is 6.98. The maximum absolute atomic E-state index is 4.09. The molecule has 0 aliphatic rings. The molecule has 0 heterocycles. The summed E-state index contributed by atoms with van der Waals surface area (Å²) in [6.45, 7) is 10.6. The molecule has 0 N–H and O–H groups in total. The van der Waals surface area contributed by atoms with Crippen LogP contribution in [0, 0.1) is 6.92 Å². The summed E-state index contributed by atoms with van der Waals surface area (Å²) in [7, 11) is 1.80. The van der Waals surface area contributed by atoms with Crippen molar-refractivity contribution in [3.05, 3.63) is 64.3 Å². The van der Waals surface area contributed by atoms with Gasteiger partial charge in [0, 0.05) is 13.3 Å². The summed E-state index contributed by atoms with van der Waals surface area (Å²) in [6.07, 6.45) is 6.39. The van der Waals surface area contributed by atoms with Crippen LogP contribution in [0.2, 0.25) is 0 Å². The molecule has 0 saturated heterocycles. The van der Waals surface area contributed by atoms with Crippen molar-refractivity contribution >= 4 is 11.8 Å². The van der Waals surface area contributed by atoms with E-state index in [0.29, 0.717) is 0 Å². The van der Waals surface area contributed by atoms with E-state index in [4.69, 9.17) is 0 Å². The molecule has 1 aromatic rings. The standard InChI is InChI=1S/C19H25N/c1-14(2)11-18(12-16(4)17(5)13-20-6)19-10-8-7-9-15(19)3/h7-13H,1-6H3/b17-16+,18-12+,20-13?. The molecule has 0 saturated carbocycles. The Hall–Kier alpha value is -1.89. The molecule has 0 spiro atoms. The molecule has 0 unspecified atom stereocenters. The van der Waals surface area contributed by atoms with Crippen LogP contribution in [-0.4, -0.2) is 13.3 Å². The number of rotatable bonds is 4. The van der Waals surface area contributed by atoms with Crippen LogP contribution >= 0.6 is 0 Å². The number of aliphatic imine (C=N–C) groups is 1. The van der Waals surface area contributed by atoms with Gasteiger partial charge in [0.05, 0.1) is 0 Å². The average molecular weight is 267 g/mol. The molecule has 20 heavy (non-hydrogen) atoms. The van der Waals surface area contributed by atoms with E-state index in [1.54, 1.807) is 7.05 Å². The Morgan fingerprint density at radius 2 is 1.60 bits per heavy atom. The summed E-state index contributed by atoms with van der Waals surface area (Å²) in [5, 5.41) is 0. The maximum atomic E-state index is 4.09. The molecule has 1 heteroatoms. The summed E-state index contributed by atoms with van der Waals surface area (Å²) >= 11 is 0. The smallest absolute Gasteiger partial charge is 0.0277 e. The van der Waals surface area contributed by atoms with Gasteiger partial charge in [-0.1, -0.05) is 42.0 Å². The lowest BCUT2D eigenvalue weighted by atomic mass is 9.96. The first-order valence-electron chi connectivity index (χ1n) is 6.98. The van der Waals surface area contributed by atoms with Gasteiger partial charge in [0.2, 0.25) is 0 Å². The molecule has 0 fully saturated rings. The van der Waals surface area contributed by atoms with E-state index >= 15 is 0 Å². The van der Waals surface area contributed by atoms with Crippen LogP contribution < -0.4 is 0 Å². The minimum atomic E-state index is 1.20. The minimum Gasteiger partial charge on any atom is -0.296 e. The predicted octanol–water partition coefficient (Wildman–Crippen LogP) is 5.38. The van der Waals surface area contributed by atoms with Gasteiger partial charge >= 0.3 is 0 Å². The number of aryl methyl sites for hydroxylation is 1. The largest absolute Gasteiger partial charge is 0.296 e. The molecule has 0 bridgehead atoms. The molecular formula is C19H25N. The number of nitrogens with zero attached hydrogens (tertiary/aromatic N) is 1. The lowest BCUT2D eigenvalue weighted by Crippen LogP contribution is -1.90. The molecule has 1 rings (SSSR count). The zero-order valence-corrected chi connectivity index (χ0v) is 13.5. The third-order valence-corrected chi connectivity index (χ3v) is 3.22. The summed E-state index contributed by atoms with van der Waals surface area (Å²) in [6, 6.07) is 8.50. The van der Waals surface area contributed by atoms with Crippen molar-refractivity contribution in [3.8, 4) is 0 Å². The highest BCUT2D eigenvalue weighted by Crippen LogP contribution is 2.23. The van der Waals surface area contributed by atoms with E-state index in [9.17, 15) is 0 Å². The first kappa shape index (κ1) is 16.2. The second kappa shape index (κ2) is 7.64. The molecule has 0 aromatic heterocycles. The van der Waals surface area contributed by atoms with Gasteiger partial charge in [-0.3, -0.25) is 4.99 Å². The van der Waals surface area contributed by atoms with Gasteiger partial charge in [0.15, 0.2) is 0 Å². The molecule has 106 valence electrons. The quantitative estimate of drug-likeness (QED) is 0.513. The summed E-state index contributed by atoms with van der Waals surface area (Å²) < 4.78 is 0. The number of hydrogen-bond acceptors (Lipinski definition) is 1. The van der Waals surface area contributed by atoms with Crippen LogP contribution in [0.4, 0.5) is 0 Å². The second-order valence-corrected chi connectivity index (χ2v) is 5.39. The Kier molecular flexibility index (Phi) is 6.17. The van der Waals surface area contributed by atoms with Gasteiger partial charge in [0.25, 0.3) is 0 Å². The Morgan fingerprint density at radius 1 is 0.950 bits per heavy atom. The van der Waals surface area contributed by atoms with Crippen molar-refractivity contribution in [1.29, 1.82) is 0 Å². The molecule has 0 aliphatic heterocycles. The monoisotopic (exact) mass is 267 g/mol. The van der Waals surface area contributed by atoms with Crippen LogP contribution in [0.1, 0.15) is 38.8 Å². The van der Waals surface area contributed by atoms with E-state index in [-0.39, 0.29) is 0 Å². The topological polar surface area (TPSA) is 12.4 Å². The Labute approximate surface area is 123 Å². The van der Waals surface area contributed by atoms with Crippen molar-refractivity contribution in [3.63, 3.8) is 0 Å². The zero-order chi connectivity index (χ0) is 15.1. The maximum Gasteiger partial charge on any atom is 0.0277 e. The lowest BCUT2D eigenvalue weighted by molar-refractivity contribution is 1.36. The highest BCUT2D eigenvalue weighted by molar-refractivity contribution is 5.83. The number of allylic oxidation sites excluding steroid dienone is 6. The highest BCUT2D eigenvalue weighted by Gasteiger charge is 2.03. The normalized spacial score (nSPS) is 13.4. The van der Waals surface area contributed by atoms with Gasteiger partial charge in [0.1, 0.15) is 0 Å². The fourth-order valence-corrected chi connectivity index (χ4v) is 2.05. The average Bonchev–Trinajstić information content (AvgIpc) is 2.38. The van der Waals surface area contributed by atoms with Crippen molar-refractivity contribution in [2.75, 3.05) is 7.05 Å². The van der Waals surface area contributed by atoms with Gasteiger partial charge in [-0.15, -0.1) is 0 Å². The number of benzene rings is 1. The predicted molar refractivity (Wildman–Crippen MR) is 91.4 cm³/mol. The minimum absolute atomic E-state index is 1.20. The van der Waals surface area contributed by atoms with Gasteiger partial charge in [-0.25, -0.2) is 0 Å². The highest BCUT2D eigenvalue weighted by atomic mass is 14.6. The van der Waals surface area contributed by atoms with E-state index in [1.807, 2.05) is 6.21 Å². The van der Waals surface area contributed by atoms with E-state index in [2.05, 4.69) is 76.0 Å². The van der Waals surface area contributed by atoms with Crippen molar-refractivity contribution in [2.45, 2.75) is 34.6 Å². The summed E-state index contributed by atoms with van der Waals surface area (Å²) in [4.78, 5) is 4.09. The molecule has 0 atom stereocenters. The zero-order valence-electron chi connectivity index (χ0n) is 13.5. The third-order valence-electron chi connectivity index (χ3n) is 3.22. The van der Waals surface area contributed by atoms with Gasteiger partial charge < -0.3 is 0 Å². The Bertz CT molecular complexity index is 580. The second-order valence-electron chi connectivity index (χ2n) is 5.39. The summed E-state index contributed by atoms with van der Waals surface area (Å²) in [5.41, 5.74) is 7.57. The van der Waals surface area contributed by atoms with Gasteiger partial charge in [-0.05, 0) is 62.5 Å². The van der Waals surface area contributed by atoms with Crippen LogP contribution in [0.15, 0.2) is 58.1 Å². The van der Waals surface area contributed by atoms with Crippen LogP contribution in [-0.2, 0) is 0 Å². The first-order chi connectivity index (χ1) is 9.45. The molecule has 0 aliphatic carbocycles. The van der Waals surface area contributed by atoms with Crippen molar-refractivity contribution in [2.24, 2.45) is 4.99 Å². The fourth-order valence-electron chi connectivity index (χ4n) is 2.05. The Morgan fingerprint density at radius 3 is 2.15 bits per heavy atom. The summed E-state index contributed by atoms with van der Waals surface area (Å²) in [5.74, 6) is 0. The Balaban J connectivity index is 3.39. The van der Waals surface area contributed by atoms with E-state index < -0.39 is 0 Å². The van der Waals surface area contributed by atoms with E-state index in [1.165, 1.54) is 33.4 Å². The fraction of sp³-hybridized carbons (Fsp3) is 0.316. The lowest BCUT2D eigenvalue weighted by Gasteiger charge is -2.09. The molecule has 0 radical (unpaired) electrons. The van der Waals surface area contributed by atoms with Gasteiger partial charge in [-0.2, -0.15) is 0 Å². The SMILES string of the molecule is CN=C/C(C)=C(C)/C=C(\C=C(C)C)c1ccccc1C. The molecule has 0 amide bonds. The van der Waals surface area contributed by atoms with Crippen LogP contribution in [0.25, 0.3) is 5.57 Å². The van der Waals surface area contributed by atoms with E-state index in [0.717, 1.165) is 0 Å². The molecule has 1 nitrogen and oxygen atoms in total. The van der Waals surface area contributed by atoms with Crippen molar-refractivity contribution < 1.29 is 0 Å². The van der Waals surface area contributed by atoms with Crippen molar-refractivity contribution in [1.82, 2.24) is 0 Å². The number of hydrogen-bond donors (Lipinski definition) is 0. The molecular weight excluding hydrogens is 242 g/mol. The third kappa shape index (κ3) is 4.65. The van der Waals surface area contributed by atoms with Crippen LogP contribution in [0.3, 0.4) is 0 Å².